The van der Waals surface area contributed by atoms with Crippen LogP contribution >= 0.6 is 0 Å². The Kier molecular flexibility index (Phi) is 3.61. The molecule has 7 heteroatoms. The highest BCUT2D eigenvalue weighted by Gasteiger charge is 2.15. The number of carbonyl (C=O) groups is 2. The number of fused-ring (bicyclic) bond motifs is 2. The third kappa shape index (κ3) is 2.80. The highest BCUT2D eigenvalue weighted by Crippen LogP contribution is 2.34. The maximum atomic E-state index is 13.4. The molecule has 0 spiro atoms. The fourth-order valence-electron chi connectivity index (χ4n) is 2.85. The van der Waals surface area contributed by atoms with Gasteiger partial charge < -0.3 is 19.4 Å². The van der Waals surface area contributed by atoms with Crippen molar-refractivity contribution >= 4 is 28.8 Å². The molecule has 1 N–H and O–H groups in total. The first-order valence-electron chi connectivity index (χ1n) is 7.57. The van der Waals surface area contributed by atoms with Gasteiger partial charge in [-0.15, -0.1) is 0 Å². The first kappa shape index (κ1) is 15.2. The van der Waals surface area contributed by atoms with E-state index < -0.39 is 5.82 Å². The molecule has 0 aliphatic carbocycles. The standard InChI is InChI=1S/C18H13FN2O4/c19-12-1-3-15-14(5-12)11(9-22)7-21(15)8-18(23)20-13-2-4-16-17(6-13)25-10-24-16/h1-7,9H,8,10H2,(H,20,23). The number of amides is 1. The van der Waals surface area contributed by atoms with E-state index >= 15 is 0 Å². The zero-order valence-electron chi connectivity index (χ0n) is 13.0. The highest BCUT2D eigenvalue weighted by atomic mass is 19.1. The number of anilines is 1. The summed E-state index contributed by atoms with van der Waals surface area (Å²) in [6.07, 6.45) is 2.18. The van der Waals surface area contributed by atoms with E-state index in [-0.39, 0.29) is 19.2 Å². The number of aldehydes is 1. The third-order valence-corrected chi connectivity index (χ3v) is 3.97. The Balaban J connectivity index is 1.57. The minimum atomic E-state index is -0.432. The van der Waals surface area contributed by atoms with Crippen LogP contribution in [0.3, 0.4) is 0 Å². The summed E-state index contributed by atoms with van der Waals surface area (Å²) < 4.78 is 25.5. The van der Waals surface area contributed by atoms with E-state index in [1.165, 1.54) is 18.3 Å². The Morgan fingerprint density at radius 2 is 2.04 bits per heavy atom. The first-order valence-corrected chi connectivity index (χ1v) is 7.57. The molecule has 6 nitrogen and oxygen atoms in total. The summed E-state index contributed by atoms with van der Waals surface area (Å²) in [7, 11) is 0. The molecule has 0 bridgehead atoms. The van der Waals surface area contributed by atoms with Gasteiger partial charge in [0.2, 0.25) is 12.7 Å². The number of aromatic nitrogens is 1. The second-order valence-corrected chi connectivity index (χ2v) is 5.61. The van der Waals surface area contributed by atoms with Crippen molar-refractivity contribution in [2.24, 2.45) is 0 Å². The molecule has 0 saturated heterocycles. The molecule has 1 aliphatic heterocycles. The lowest BCUT2D eigenvalue weighted by molar-refractivity contribution is -0.116. The number of nitrogens with one attached hydrogen (secondary N) is 1. The normalized spacial score (nSPS) is 12.4. The molecule has 0 atom stereocenters. The third-order valence-electron chi connectivity index (χ3n) is 3.97. The Hall–Kier alpha value is -3.35. The molecule has 4 rings (SSSR count). The summed E-state index contributed by atoms with van der Waals surface area (Å²) in [5, 5.41) is 3.24. The molecule has 0 radical (unpaired) electrons. The summed E-state index contributed by atoms with van der Waals surface area (Å²) in [6.45, 7) is 0.150. The Bertz CT molecular complexity index is 996. The van der Waals surface area contributed by atoms with Crippen LogP contribution in [0, 0.1) is 5.82 Å². The Morgan fingerprint density at radius 1 is 1.20 bits per heavy atom. The molecule has 1 aliphatic rings. The van der Waals surface area contributed by atoms with Gasteiger partial charge in [0.05, 0.1) is 0 Å². The molecule has 0 fully saturated rings. The number of halogens is 1. The Labute approximate surface area is 141 Å². The van der Waals surface area contributed by atoms with E-state index in [1.54, 1.807) is 28.8 Å². The van der Waals surface area contributed by atoms with E-state index in [0.29, 0.717) is 39.9 Å². The number of carbonyl (C=O) groups excluding carboxylic acids is 2. The molecule has 0 saturated carbocycles. The van der Waals surface area contributed by atoms with Gasteiger partial charge in [0.1, 0.15) is 12.4 Å². The van der Waals surface area contributed by atoms with Crippen molar-refractivity contribution < 1.29 is 23.5 Å². The summed E-state index contributed by atoms with van der Waals surface area (Å²) in [6, 6.07) is 9.24. The quantitative estimate of drug-likeness (QED) is 0.742. The summed E-state index contributed by atoms with van der Waals surface area (Å²) >= 11 is 0. The fourth-order valence-corrected chi connectivity index (χ4v) is 2.85. The summed E-state index contributed by atoms with van der Waals surface area (Å²) in [4.78, 5) is 23.5. The zero-order chi connectivity index (χ0) is 17.4. The molecular weight excluding hydrogens is 327 g/mol. The van der Waals surface area contributed by atoms with E-state index in [2.05, 4.69) is 5.32 Å². The lowest BCUT2D eigenvalue weighted by atomic mass is 10.2. The lowest BCUT2D eigenvalue weighted by Crippen LogP contribution is -2.18. The van der Waals surface area contributed by atoms with Gasteiger partial charge in [0.15, 0.2) is 17.8 Å². The second-order valence-electron chi connectivity index (χ2n) is 5.61. The molecule has 2 aromatic carbocycles. The van der Waals surface area contributed by atoms with Crippen LogP contribution in [0.2, 0.25) is 0 Å². The molecule has 0 unspecified atom stereocenters. The fraction of sp³-hybridized carbons (Fsp3) is 0.111. The van der Waals surface area contributed by atoms with Crippen LogP contribution in [-0.2, 0) is 11.3 Å². The number of benzene rings is 2. The second kappa shape index (κ2) is 5.94. The minimum absolute atomic E-state index is 0.00951. The molecule has 1 amide bonds. The topological polar surface area (TPSA) is 69.6 Å². The first-order chi connectivity index (χ1) is 12.1. The minimum Gasteiger partial charge on any atom is -0.454 e. The number of nitrogens with zero attached hydrogens (tertiary/aromatic N) is 1. The van der Waals surface area contributed by atoms with Crippen LogP contribution in [0.4, 0.5) is 10.1 Å². The average molecular weight is 340 g/mol. The van der Waals surface area contributed by atoms with Crippen LogP contribution in [0.15, 0.2) is 42.6 Å². The van der Waals surface area contributed by atoms with E-state index in [9.17, 15) is 14.0 Å². The van der Waals surface area contributed by atoms with Gasteiger partial charge >= 0.3 is 0 Å². The van der Waals surface area contributed by atoms with Gasteiger partial charge in [-0.05, 0) is 30.3 Å². The predicted molar refractivity (Wildman–Crippen MR) is 88.5 cm³/mol. The van der Waals surface area contributed by atoms with Gasteiger partial charge in [0.25, 0.3) is 0 Å². The SMILES string of the molecule is O=Cc1cn(CC(=O)Nc2ccc3c(c2)OCO3)c2ccc(F)cc12. The highest BCUT2D eigenvalue weighted by molar-refractivity contribution is 5.99. The van der Waals surface area contributed by atoms with E-state index in [4.69, 9.17) is 9.47 Å². The zero-order valence-corrected chi connectivity index (χ0v) is 13.0. The molecule has 1 aromatic heterocycles. The molecule has 3 aromatic rings. The number of hydrogen-bond acceptors (Lipinski definition) is 4. The molecular formula is C18H13FN2O4. The van der Waals surface area contributed by atoms with Crippen LogP contribution in [0.5, 0.6) is 11.5 Å². The van der Waals surface area contributed by atoms with Crippen molar-refractivity contribution in [2.45, 2.75) is 6.54 Å². The van der Waals surface area contributed by atoms with E-state index in [0.717, 1.165) is 0 Å². The van der Waals surface area contributed by atoms with Crippen molar-refractivity contribution in [3.8, 4) is 11.5 Å². The van der Waals surface area contributed by atoms with Crippen LogP contribution in [0.1, 0.15) is 10.4 Å². The van der Waals surface area contributed by atoms with Crippen molar-refractivity contribution in [2.75, 3.05) is 12.1 Å². The van der Waals surface area contributed by atoms with E-state index in [1.807, 2.05) is 0 Å². The smallest absolute Gasteiger partial charge is 0.244 e. The predicted octanol–water partition coefficient (Wildman–Crippen LogP) is 2.96. The molecule has 126 valence electrons. The van der Waals surface area contributed by atoms with Gasteiger partial charge in [-0.2, -0.15) is 0 Å². The molecule has 25 heavy (non-hydrogen) atoms. The molecule has 2 heterocycles. The Morgan fingerprint density at radius 3 is 2.88 bits per heavy atom. The number of ether oxygens (including phenoxy) is 2. The maximum Gasteiger partial charge on any atom is 0.244 e. The van der Waals surface area contributed by atoms with Gasteiger partial charge in [0, 0.05) is 34.4 Å². The van der Waals surface area contributed by atoms with Crippen molar-refractivity contribution in [1.29, 1.82) is 0 Å². The average Bonchev–Trinajstić information content (AvgIpc) is 3.18. The van der Waals surface area contributed by atoms with Gasteiger partial charge in [-0.3, -0.25) is 9.59 Å². The lowest BCUT2D eigenvalue weighted by Gasteiger charge is -2.08. The van der Waals surface area contributed by atoms with Crippen molar-refractivity contribution in [3.05, 3.63) is 54.0 Å². The monoisotopic (exact) mass is 340 g/mol. The van der Waals surface area contributed by atoms with Crippen molar-refractivity contribution in [1.82, 2.24) is 4.57 Å². The summed E-state index contributed by atoms with van der Waals surface area (Å²) in [5.41, 5.74) is 1.53. The number of hydrogen-bond donors (Lipinski definition) is 1. The van der Waals surface area contributed by atoms with Gasteiger partial charge in [-0.25, -0.2) is 4.39 Å². The maximum absolute atomic E-state index is 13.4. The largest absolute Gasteiger partial charge is 0.454 e. The van der Waals surface area contributed by atoms with Crippen LogP contribution in [0.25, 0.3) is 10.9 Å². The van der Waals surface area contributed by atoms with Crippen molar-refractivity contribution in [3.63, 3.8) is 0 Å². The number of rotatable bonds is 4. The van der Waals surface area contributed by atoms with Crippen LogP contribution < -0.4 is 14.8 Å². The van der Waals surface area contributed by atoms with Crippen LogP contribution in [-0.4, -0.2) is 23.6 Å². The summed E-state index contributed by atoms with van der Waals surface area (Å²) in [5.74, 6) is 0.491. The van der Waals surface area contributed by atoms with Gasteiger partial charge in [-0.1, -0.05) is 0 Å².